The summed E-state index contributed by atoms with van der Waals surface area (Å²) < 4.78 is 10.5. The van der Waals surface area contributed by atoms with Crippen molar-refractivity contribution in [2.24, 2.45) is 5.41 Å². The highest BCUT2D eigenvalue weighted by Crippen LogP contribution is 2.54. The zero-order valence-electron chi connectivity index (χ0n) is 16.0. The molecule has 138 valence electrons. The second-order valence-electron chi connectivity index (χ2n) is 7.27. The molecule has 0 amide bonds. The topological polar surface area (TPSA) is 52.6 Å². The van der Waals surface area contributed by atoms with Crippen LogP contribution in [0.25, 0.3) is 0 Å². The van der Waals surface area contributed by atoms with Gasteiger partial charge in [-0.1, -0.05) is 25.5 Å². The molecule has 1 unspecified atom stereocenters. The largest absolute Gasteiger partial charge is 0.466 e. The van der Waals surface area contributed by atoms with Crippen molar-refractivity contribution < 1.29 is 19.1 Å². The lowest BCUT2D eigenvalue weighted by molar-refractivity contribution is -0.142. The predicted molar refractivity (Wildman–Crippen MR) is 98.2 cm³/mol. The standard InChI is InChI=1S/C21H30O4/c1-6-8-15-10-21(12-17(15)13-24-5)11-16(9-18(22)25-7-2)19(14(3)4)20(21)23/h3,6-13H2,1-2,4-5H3. The highest BCUT2D eigenvalue weighted by molar-refractivity contribution is 6.08. The molecule has 0 N–H and O–H groups in total. The summed E-state index contributed by atoms with van der Waals surface area (Å²) in [6.45, 7) is 10.7. The fraction of sp³-hybridized carbons (Fsp3) is 0.619. The summed E-state index contributed by atoms with van der Waals surface area (Å²) in [7, 11) is 1.70. The second-order valence-corrected chi connectivity index (χ2v) is 7.27. The Morgan fingerprint density at radius 3 is 2.36 bits per heavy atom. The van der Waals surface area contributed by atoms with Gasteiger partial charge in [0, 0.05) is 18.1 Å². The number of esters is 1. The van der Waals surface area contributed by atoms with Gasteiger partial charge in [-0.25, -0.2) is 0 Å². The normalized spacial score (nSPS) is 23.1. The van der Waals surface area contributed by atoms with Crippen LogP contribution in [0.5, 0.6) is 0 Å². The van der Waals surface area contributed by atoms with Crippen molar-refractivity contribution in [3.8, 4) is 0 Å². The lowest BCUT2D eigenvalue weighted by atomic mass is 9.78. The summed E-state index contributed by atoms with van der Waals surface area (Å²) in [6, 6.07) is 0. The number of hydrogen-bond donors (Lipinski definition) is 0. The third-order valence-corrected chi connectivity index (χ3v) is 5.18. The van der Waals surface area contributed by atoms with Gasteiger partial charge in [0.05, 0.1) is 19.6 Å². The van der Waals surface area contributed by atoms with E-state index in [2.05, 4.69) is 13.5 Å². The van der Waals surface area contributed by atoms with Crippen molar-refractivity contribution in [1.29, 1.82) is 0 Å². The van der Waals surface area contributed by atoms with Gasteiger partial charge in [-0.3, -0.25) is 9.59 Å². The van der Waals surface area contributed by atoms with Crippen LogP contribution >= 0.6 is 0 Å². The number of ketones is 1. The summed E-state index contributed by atoms with van der Waals surface area (Å²) in [6.07, 6.45) is 4.39. The van der Waals surface area contributed by atoms with Gasteiger partial charge in [-0.2, -0.15) is 0 Å². The third kappa shape index (κ3) is 3.95. The molecule has 25 heavy (non-hydrogen) atoms. The molecule has 0 radical (unpaired) electrons. The molecule has 0 aromatic heterocycles. The number of carbonyl (C=O) groups is 2. The summed E-state index contributed by atoms with van der Waals surface area (Å²) in [4.78, 5) is 25.3. The van der Waals surface area contributed by atoms with Crippen molar-refractivity contribution in [3.05, 3.63) is 34.4 Å². The van der Waals surface area contributed by atoms with Crippen molar-refractivity contribution in [2.75, 3.05) is 20.3 Å². The Labute approximate surface area is 151 Å². The smallest absolute Gasteiger partial charge is 0.309 e. The van der Waals surface area contributed by atoms with E-state index in [1.54, 1.807) is 14.0 Å². The first kappa shape index (κ1) is 19.6. The molecular weight excluding hydrogens is 316 g/mol. The molecule has 1 spiro atoms. The van der Waals surface area contributed by atoms with Crippen molar-refractivity contribution in [2.45, 2.75) is 59.3 Å². The van der Waals surface area contributed by atoms with Crippen LogP contribution in [0.1, 0.15) is 59.3 Å². The van der Waals surface area contributed by atoms with Gasteiger partial charge in [0.1, 0.15) is 0 Å². The average molecular weight is 346 g/mol. The average Bonchev–Trinajstić information content (AvgIpc) is 2.99. The Balaban J connectivity index is 2.28. The van der Waals surface area contributed by atoms with E-state index in [0.717, 1.165) is 36.8 Å². The van der Waals surface area contributed by atoms with Crippen LogP contribution in [0.4, 0.5) is 0 Å². The maximum Gasteiger partial charge on any atom is 0.309 e. The van der Waals surface area contributed by atoms with E-state index in [4.69, 9.17) is 9.47 Å². The fourth-order valence-electron chi connectivity index (χ4n) is 4.34. The van der Waals surface area contributed by atoms with Crippen LogP contribution < -0.4 is 0 Å². The predicted octanol–water partition coefficient (Wildman–Crippen LogP) is 4.31. The maximum absolute atomic E-state index is 13.3. The minimum absolute atomic E-state index is 0.152. The Kier molecular flexibility index (Phi) is 6.39. The Hall–Kier alpha value is -1.68. The minimum atomic E-state index is -0.436. The first-order valence-electron chi connectivity index (χ1n) is 9.15. The van der Waals surface area contributed by atoms with Crippen LogP contribution in [-0.2, 0) is 19.1 Å². The van der Waals surface area contributed by atoms with Gasteiger partial charge < -0.3 is 9.47 Å². The molecule has 0 fully saturated rings. The number of hydrogen-bond acceptors (Lipinski definition) is 4. The number of methoxy groups -OCH3 is 1. The van der Waals surface area contributed by atoms with E-state index in [9.17, 15) is 9.59 Å². The highest BCUT2D eigenvalue weighted by atomic mass is 16.5. The van der Waals surface area contributed by atoms with Gasteiger partial charge in [0.15, 0.2) is 5.78 Å². The molecule has 0 bridgehead atoms. The van der Waals surface area contributed by atoms with E-state index >= 15 is 0 Å². The van der Waals surface area contributed by atoms with Crippen molar-refractivity contribution in [3.63, 3.8) is 0 Å². The fourth-order valence-corrected chi connectivity index (χ4v) is 4.34. The summed E-state index contributed by atoms with van der Waals surface area (Å²) in [5, 5.41) is 0. The molecule has 2 aliphatic rings. The van der Waals surface area contributed by atoms with E-state index in [-0.39, 0.29) is 18.2 Å². The van der Waals surface area contributed by atoms with Crippen LogP contribution in [0.2, 0.25) is 0 Å². The quantitative estimate of drug-likeness (QED) is 0.485. The zero-order valence-corrected chi connectivity index (χ0v) is 16.0. The molecule has 0 aromatic rings. The molecule has 2 aliphatic carbocycles. The van der Waals surface area contributed by atoms with Crippen LogP contribution in [0.15, 0.2) is 34.4 Å². The van der Waals surface area contributed by atoms with Gasteiger partial charge in [-0.05, 0) is 56.3 Å². The van der Waals surface area contributed by atoms with Crippen LogP contribution in [-0.4, -0.2) is 32.1 Å². The minimum Gasteiger partial charge on any atom is -0.466 e. The van der Waals surface area contributed by atoms with Crippen LogP contribution in [0, 0.1) is 5.41 Å². The third-order valence-electron chi connectivity index (χ3n) is 5.18. The Morgan fingerprint density at radius 2 is 1.80 bits per heavy atom. The molecular formula is C21H30O4. The second kappa shape index (κ2) is 8.13. The van der Waals surface area contributed by atoms with Gasteiger partial charge >= 0.3 is 5.97 Å². The summed E-state index contributed by atoms with van der Waals surface area (Å²) in [5.41, 5.74) is 4.49. The maximum atomic E-state index is 13.3. The monoisotopic (exact) mass is 346 g/mol. The van der Waals surface area contributed by atoms with Gasteiger partial charge in [0.2, 0.25) is 0 Å². The molecule has 1 atom stereocenters. The van der Waals surface area contributed by atoms with E-state index in [1.807, 2.05) is 6.92 Å². The number of Topliss-reactive ketones (excluding diaryl/α,β-unsaturated/α-hetero) is 1. The number of carbonyl (C=O) groups excluding carboxylic acids is 2. The number of allylic oxidation sites excluding steroid dienone is 3. The molecule has 0 saturated heterocycles. The number of rotatable bonds is 8. The van der Waals surface area contributed by atoms with Gasteiger partial charge in [0.25, 0.3) is 0 Å². The highest BCUT2D eigenvalue weighted by Gasteiger charge is 2.50. The molecule has 0 saturated carbocycles. The Bertz CT molecular complexity index is 618. The first-order valence-corrected chi connectivity index (χ1v) is 9.15. The lowest BCUT2D eigenvalue weighted by Crippen LogP contribution is -2.26. The molecule has 4 heteroatoms. The molecule has 0 heterocycles. The lowest BCUT2D eigenvalue weighted by Gasteiger charge is -2.23. The van der Waals surface area contributed by atoms with Crippen molar-refractivity contribution >= 4 is 11.8 Å². The SMILES string of the molecule is C=C(C)C1=C(CC(=O)OCC)CC2(CC(CCC)=C(COC)C2)C1=O. The molecule has 0 aliphatic heterocycles. The number of ether oxygens (including phenoxy) is 2. The molecule has 4 nitrogen and oxygen atoms in total. The van der Waals surface area contributed by atoms with Crippen LogP contribution in [0.3, 0.4) is 0 Å². The molecule has 2 rings (SSSR count). The molecule has 0 aromatic carbocycles. The van der Waals surface area contributed by atoms with Crippen molar-refractivity contribution in [1.82, 2.24) is 0 Å². The van der Waals surface area contributed by atoms with E-state index in [1.165, 1.54) is 11.1 Å². The first-order chi connectivity index (χ1) is 11.9. The van der Waals surface area contributed by atoms with E-state index in [0.29, 0.717) is 25.2 Å². The van der Waals surface area contributed by atoms with Gasteiger partial charge in [-0.15, -0.1) is 0 Å². The zero-order chi connectivity index (χ0) is 18.6. The summed E-state index contributed by atoms with van der Waals surface area (Å²) >= 11 is 0. The summed E-state index contributed by atoms with van der Waals surface area (Å²) in [5.74, 6) is -0.114. The van der Waals surface area contributed by atoms with E-state index < -0.39 is 5.41 Å². The Morgan fingerprint density at radius 1 is 1.16 bits per heavy atom.